The zero-order valence-electron chi connectivity index (χ0n) is 10.7. The van der Waals surface area contributed by atoms with Crippen LogP contribution in [0.5, 0.6) is 0 Å². The van der Waals surface area contributed by atoms with Gasteiger partial charge in [-0.1, -0.05) is 18.2 Å². The lowest BCUT2D eigenvalue weighted by atomic mass is 9.69. The lowest BCUT2D eigenvalue weighted by Gasteiger charge is -2.40. The molecule has 0 amide bonds. The van der Waals surface area contributed by atoms with Crippen molar-refractivity contribution in [3.05, 3.63) is 36.0 Å². The minimum absolute atomic E-state index is 0.106. The van der Waals surface area contributed by atoms with Crippen LogP contribution in [-0.2, 0) is 5.41 Å². The molecule has 3 nitrogen and oxygen atoms in total. The molecule has 3 rings (SSSR count). The van der Waals surface area contributed by atoms with Crippen molar-refractivity contribution in [1.82, 2.24) is 10.3 Å². The van der Waals surface area contributed by atoms with Gasteiger partial charge in [0, 0.05) is 22.5 Å². The fourth-order valence-electron chi connectivity index (χ4n) is 3.27. The van der Waals surface area contributed by atoms with Gasteiger partial charge in [-0.2, -0.15) is 0 Å². The number of rotatable bonds is 2. The van der Waals surface area contributed by atoms with Gasteiger partial charge in [0.2, 0.25) is 0 Å². The molecule has 0 radical (unpaired) electrons. The highest BCUT2D eigenvalue weighted by Gasteiger charge is 2.39. The summed E-state index contributed by atoms with van der Waals surface area (Å²) in [6, 6.07) is 8.35. The van der Waals surface area contributed by atoms with Gasteiger partial charge in [0.1, 0.15) is 0 Å². The number of para-hydroxylation sites is 1. The van der Waals surface area contributed by atoms with Crippen molar-refractivity contribution in [3.8, 4) is 0 Å². The van der Waals surface area contributed by atoms with Gasteiger partial charge >= 0.3 is 0 Å². The number of piperidine rings is 1. The molecule has 96 valence electrons. The summed E-state index contributed by atoms with van der Waals surface area (Å²) >= 11 is 0. The Balaban J connectivity index is 2.15. The number of fused-ring (bicyclic) bond motifs is 1. The van der Waals surface area contributed by atoms with Crippen LogP contribution in [0.2, 0.25) is 0 Å². The normalized spacial score (nSPS) is 21.0. The molecule has 1 saturated heterocycles. The second-order valence-corrected chi connectivity index (χ2v) is 5.33. The number of H-pyrrole nitrogens is 1. The number of nitrogens with one attached hydrogen (secondary N) is 2. The summed E-state index contributed by atoms with van der Waals surface area (Å²) in [6.45, 7) is 3.88. The maximum Gasteiger partial charge on any atom is 0.0610 e. The number of aliphatic hydroxyl groups is 1. The van der Waals surface area contributed by atoms with E-state index in [2.05, 4.69) is 34.7 Å². The standard InChI is InChI=1S/C15H20N2O/c1-11(18)15(6-8-16-9-7-15)13-10-17-14-5-3-2-4-12(13)14/h2-5,10-11,16-18H,6-9H2,1H3. The Labute approximate surface area is 107 Å². The van der Waals surface area contributed by atoms with Gasteiger partial charge in [-0.25, -0.2) is 0 Å². The van der Waals surface area contributed by atoms with Crippen molar-refractivity contribution in [2.75, 3.05) is 13.1 Å². The Bertz CT molecular complexity index is 538. The van der Waals surface area contributed by atoms with Gasteiger partial charge in [0.25, 0.3) is 0 Å². The summed E-state index contributed by atoms with van der Waals surface area (Å²) in [5.74, 6) is 0. The minimum Gasteiger partial charge on any atom is -0.392 e. The third-order valence-corrected chi connectivity index (χ3v) is 4.42. The molecule has 3 N–H and O–H groups in total. The van der Waals surface area contributed by atoms with Crippen LogP contribution in [0.15, 0.2) is 30.5 Å². The predicted molar refractivity (Wildman–Crippen MR) is 73.8 cm³/mol. The first-order chi connectivity index (χ1) is 8.74. The highest BCUT2D eigenvalue weighted by Crippen LogP contribution is 2.40. The zero-order valence-corrected chi connectivity index (χ0v) is 10.7. The molecule has 1 aromatic heterocycles. The topological polar surface area (TPSA) is 48.0 Å². The number of benzene rings is 1. The fraction of sp³-hybridized carbons (Fsp3) is 0.467. The van der Waals surface area contributed by atoms with Gasteiger partial charge < -0.3 is 15.4 Å². The number of hydrogen-bond acceptors (Lipinski definition) is 2. The molecule has 1 atom stereocenters. The summed E-state index contributed by atoms with van der Waals surface area (Å²) in [5.41, 5.74) is 2.32. The molecule has 18 heavy (non-hydrogen) atoms. The van der Waals surface area contributed by atoms with Crippen LogP contribution in [0.25, 0.3) is 10.9 Å². The summed E-state index contributed by atoms with van der Waals surface area (Å²) in [7, 11) is 0. The van der Waals surface area contributed by atoms with Crippen LogP contribution in [0.3, 0.4) is 0 Å². The second-order valence-electron chi connectivity index (χ2n) is 5.33. The Morgan fingerprint density at radius 1 is 1.22 bits per heavy atom. The number of aromatic nitrogens is 1. The van der Waals surface area contributed by atoms with E-state index in [4.69, 9.17) is 0 Å². The first kappa shape index (κ1) is 11.8. The van der Waals surface area contributed by atoms with Crippen LogP contribution in [0.1, 0.15) is 25.3 Å². The average molecular weight is 244 g/mol. The molecule has 1 aliphatic heterocycles. The van der Waals surface area contributed by atoms with E-state index in [9.17, 15) is 5.11 Å². The van der Waals surface area contributed by atoms with E-state index >= 15 is 0 Å². The van der Waals surface area contributed by atoms with Crippen LogP contribution in [0, 0.1) is 0 Å². The SMILES string of the molecule is CC(O)C1(c2c[nH]c3ccccc23)CCNCC1. The van der Waals surface area contributed by atoms with Crippen molar-refractivity contribution in [2.24, 2.45) is 0 Å². The van der Waals surface area contributed by atoms with Crippen LogP contribution < -0.4 is 5.32 Å². The molecule has 0 aliphatic carbocycles. The molecular weight excluding hydrogens is 224 g/mol. The first-order valence-corrected chi connectivity index (χ1v) is 6.69. The Morgan fingerprint density at radius 3 is 2.67 bits per heavy atom. The highest BCUT2D eigenvalue weighted by atomic mass is 16.3. The van der Waals surface area contributed by atoms with Crippen LogP contribution in [0.4, 0.5) is 0 Å². The Hall–Kier alpha value is -1.32. The Kier molecular flexibility index (Phi) is 2.88. The second kappa shape index (κ2) is 4.41. The third kappa shape index (κ3) is 1.66. The molecule has 1 fully saturated rings. The molecule has 0 bridgehead atoms. The van der Waals surface area contributed by atoms with Crippen LogP contribution in [-0.4, -0.2) is 29.3 Å². The highest BCUT2D eigenvalue weighted by molar-refractivity contribution is 5.84. The van der Waals surface area contributed by atoms with E-state index < -0.39 is 0 Å². The number of aromatic amines is 1. The third-order valence-electron chi connectivity index (χ3n) is 4.42. The Morgan fingerprint density at radius 2 is 1.94 bits per heavy atom. The fourth-order valence-corrected chi connectivity index (χ4v) is 3.27. The summed E-state index contributed by atoms with van der Waals surface area (Å²) in [5, 5.41) is 15.0. The largest absolute Gasteiger partial charge is 0.392 e. The smallest absolute Gasteiger partial charge is 0.0610 e. The molecule has 0 spiro atoms. The molecule has 1 aromatic carbocycles. The molecular formula is C15H20N2O. The lowest BCUT2D eigenvalue weighted by molar-refractivity contribution is 0.0741. The van der Waals surface area contributed by atoms with Gasteiger partial charge in [0.05, 0.1) is 6.10 Å². The van der Waals surface area contributed by atoms with E-state index in [0.717, 1.165) is 31.4 Å². The van der Waals surface area contributed by atoms with Gasteiger partial charge in [-0.15, -0.1) is 0 Å². The monoisotopic (exact) mass is 244 g/mol. The van der Waals surface area contributed by atoms with Gasteiger partial charge in [-0.3, -0.25) is 0 Å². The van der Waals surface area contributed by atoms with Crippen molar-refractivity contribution in [1.29, 1.82) is 0 Å². The van der Waals surface area contributed by atoms with Crippen molar-refractivity contribution in [2.45, 2.75) is 31.3 Å². The molecule has 1 aliphatic rings. The van der Waals surface area contributed by atoms with E-state index in [0.29, 0.717) is 0 Å². The number of aliphatic hydroxyl groups excluding tert-OH is 1. The van der Waals surface area contributed by atoms with Gasteiger partial charge in [0.15, 0.2) is 0 Å². The predicted octanol–water partition coefficient (Wildman–Crippen LogP) is 2.17. The zero-order chi connectivity index (χ0) is 12.6. The minimum atomic E-state index is -0.321. The summed E-state index contributed by atoms with van der Waals surface area (Å²) in [4.78, 5) is 3.33. The van der Waals surface area contributed by atoms with Crippen molar-refractivity contribution in [3.63, 3.8) is 0 Å². The first-order valence-electron chi connectivity index (χ1n) is 6.69. The molecule has 2 aromatic rings. The molecule has 3 heteroatoms. The van der Waals surface area contributed by atoms with E-state index in [1.165, 1.54) is 10.9 Å². The van der Waals surface area contributed by atoms with Crippen molar-refractivity contribution < 1.29 is 5.11 Å². The molecule has 2 heterocycles. The lowest BCUT2D eigenvalue weighted by Crippen LogP contribution is -2.46. The van der Waals surface area contributed by atoms with Gasteiger partial charge in [-0.05, 0) is 44.5 Å². The van der Waals surface area contributed by atoms with Crippen LogP contribution >= 0.6 is 0 Å². The van der Waals surface area contributed by atoms with E-state index in [-0.39, 0.29) is 11.5 Å². The quantitative estimate of drug-likeness (QED) is 0.758. The maximum absolute atomic E-state index is 10.3. The maximum atomic E-state index is 10.3. The number of hydrogen-bond donors (Lipinski definition) is 3. The van der Waals surface area contributed by atoms with E-state index in [1.807, 2.05) is 13.0 Å². The van der Waals surface area contributed by atoms with E-state index in [1.54, 1.807) is 0 Å². The average Bonchev–Trinajstić information content (AvgIpc) is 2.83. The molecule has 0 saturated carbocycles. The summed E-state index contributed by atoms with van der Waals surface area (Å²) < 4.78 is 0. The van der Waals surface area contributed by atoms with Crippen molar-refractivity contribution >= 4 is 10.9 Å². The molecule has 1 unspecified atom stereocenters. The summed E-state index contributed by atoms with van der Waals surface area (Å²) in [6.07, 6.45) is 3.75.